The van der Waals surface area contributed by atoms with Crippen molar-refractivity contribution in [3.63, 3.8) is 0 Å². The summed E-state index contributed by atoms with van der Waals surface area (Å²) in [7, 11) is 2.01. The first-order valence-electron chi connectivity index (χ1n) is 11.8. The molecule has 0 spiro atoms. The van der Waals surface area contributed by atoms with Gasteiger partial charge in [0.25, 0.3) is 0 Å². The minimum atomic E-state index is -0.972. The molecular formula is C20H39Cl2N7O3. The second kappa shape index (κ2) is 11.3. The summed E-state index contributed by atoms with van der Waals surface area (Å²) in [6.45, 7) is 4.27. The zero-order valence-electron chi connectivity index (χ0n) is 18.7. The molecule has 32 heavy (non-hydrogen) atoms. The van der Waals surface area contributed by atoms with Crippen molar-refractivity contribution >= 4 is 23.2 Å². The first-order valence-corrected chi connectivity index (χ1v) is 12.6. The van der Waals surface area contributed by atoms with Crippen molar-refractivity contribution in [2.75, 3.05) is 46.6 Å². The SMILES string of the molecule is CN(CCNCC1CCC(Cl)C(Cl)C1)C[C@H]1O[C@@H](N2CNC3C(N)NCNC32)[C@H](O)[C@@H]1O. The number of hydrogen-bond donors (Lipinski definition) is 7. The monoisotopic (exact) mass is 495 g/mol. The maximum absolute atomic E-state index is 10.7. The fourth-order valence-corrected chi connectivity index (χ4v) is 5.93. The molecule has 0 amide bonds. The molecule has 3 saturated heterocycles. The Labute approximate surface area is 200 Å². The van der Waals surface area contributed by atoms with Gasteiger partial charge in [0.15, 0.2) is 0 Å². The predicted molar refractivity (Wildman–Crippen MR) is 124 cm³/mol. The van der Waals surface area contributed by atoms with Gasteiger partial charge in [-0.3, -0.25) is 16.0 Å². The minimum Gasteiger partial charge on any atom is -0.387 e. The Bertz CT molecular complexity index is 612. The largest absolute Gasteiger partial charge is 0.387 e. The van der Waals surface area contributed by atoms with Crippen molar-refractivity contribution in [3.05, 3.63) is 0 Å². The first kappa shape index (κ1) is 25.3. The van der Waals surface area contributed by atoms with E-state index in [1.165, 1.54) is 0 Å². The number of nitrogens with two attached hydrogens (primary N) is 1. The average Bonchev–Trinajstić information content (AvgIpc) is 3.31. The molecular weight excluding hydrogens is 457 g/mol. The quantitative estimate of drug-likeness (QED) is 0.149. The van der Waals surface area contributed by atoms with Crippen LogP contribution in [0.25, 0.3) is 0 Å². The van der Waals surface area contributed by atoms with Crippen LogP contribution in [0.5, 0.6) is 0 Å². The van der Waals surface area contributed by atoms with Gasteiger partial charge in [-0.25, -0.2) is 4.90 Å². The number of hydrogen-bond acceptors (Lipinski definition) is 10. The summed E-state index contributed by atoms with van der Waals surface area (Å²) in [4.78, 5) is 4.14. The first-order chi connectivity index (χ1) is 15.3. The maximum atomic E-state index is 10.7. The van der Waals surface area contributed by atoms with Gasteiger partial charge in [-0.2, -0.15) is 0 Å². The number of ether oxygens (including phenoxy) is 1. The van der Waals surface area contributed by atoms with Gasteiger partial charge in [0, 0.05) is 31.7 Å². The van der Waals surface area contributed by atoms with Gasteiger partial charge in [-0.05, 0) is 38.8 Å². The lowest BCUT2D eigenvalue weighted by atomic mass is 9.88. The zero-order chi connectivity index (χ0) is 22.8. The lowest BCUT2D eigenvalue weighted by Gasteiger charge is -2.38. The fourth-order valence-electron chi connectivity index (χ4n) is 5.32. The molecule has 3 aliphatic heterocycles. The molecule has 10 nitrogen and oxygen atoms in total. The molecule has 3 heterocycles. The molecule has 0 aromatic heterocycles. The minimum absolute atomic E-state index is 0.0121. The Kier molecular flexibility index (Phi) is 8.91. The van der Waals surface area contributed by atoms with Crippen LogP contribution >= 0.6 is 23.2 Å². The van der Waals surface area contributed by atoms with E-state index in [-0.39, 0.29) is 29.1 Å². The van der Waals surface area contributed by atoms with Crippen molar-refractivity contribution in [1.29, 1.82) is 0 Å². The van der Waals surface area contributed by atoms with Crippen molar-refractivity contribution in [3.8, 4) is 0 Å². The lowest BCUT2D eigenvalue weighted by Crippen LogP contribution is -2.68. The molecule has 4 fully saturated rings. The highest BCUT2D eigenvalue weighted by atomic mass is 35.5. The lowest BCUT2D eigenvalue weighted by molar-refractivity contribution is -0.106. The van der Waals surface area contributed by atoms with Gasteiger partial charge in [0.05, 0.1) is 30.4 Å². The van der Waals surface area contributed by atoms with Crippen LogP contribution in [0.1, 0.15) is 19.3 Å². The molecule has 8 N–H and O–H groups in total. The summed E-state index contributed by atoms with van der Waals surface area (Å²) < 4.78 is 6.14. The van der Waals surface area contributed by atoms with Crippen LogP contribution in [0.2, 0.25) is 0 Å². The fraction of sp³-hybridized carbons (Fsp3) is 1.00. The van der Waals surface area contributed by atoms with Gasteiger partial charge in [-0.15, -0.1) is 23.2 Å². The number of aliphatic hydroxyl groups is 2. The van der Waals surface area contributed by atoms with Crippen LogP contribution in [-0.2, 0) is 4.74 Å². The van der Waals surface area contributed by atoms with E-state index in [1.54, 1.807) is 0 Å². The Morgan fingerprint density at radius 3 is 2.75 bits per heavy atom. The normalized spacial score (nSPS) is 45.5. The van der Waals surface area contributed by atoms with Gasteiger partial charge in [-0.1, -0.05) is 0 Å². The van der Waals surface area contributed by atoms with Crippen molar-refractivity contribution in [2.45, 2.75) is 72.9 Å². The molecule has 0 radical (unpaired) electrons. The molecule has 4 rings (SSSR count). The van der Waals surface area contributed by atoms with Gasteiger partial charge in [0.2, 0.25) is 0 Å². The predicted octanol–water partition coefficient (Wildman–Crippen LogP) is -2.04. The molecule has 10 atom stereocenters. The Morgan fingerprint density at radius 2 is 1.97 bits per heavy atom. The molecule has 186 valence electrons. The van der Waals surface area contributed by atoms with E-state index in [4.69, 9.17) is 33.7 Å². The standard InChI is InChI=1S/C20H39Cl2N7O3/c1-28(5-4-24-7-11-2-3-12(21)13(22)6-11)8-14-16(30)17(31)20(32-14)29-10-27-15-18(23)25-9-26-19(15)29/h11-20,24-27,30-31H,2-10,23H2,1H3/t11?,12?,13?,14-,15?,16-,17-,18?,19?,20-/m1/s1. The van der Waals surface area contributed by atoms with E-state index < -0.39 is 24.5 Å². The van der Waals surface area contributed by atoms with E-state index >= 15 is 0 Å². The smallest absolute Gasteiger partial charge is 0.142 e. The third-order valence-electron chi connectivity index (χ3n) is 7.30. The Morgan fingerprint density at radius 1 is 1.16 bits per heavy atom. The molecule has 4 aliphatic rings. The summed E-state index contributed by atoms with van der Waals surface area (Å²) >= 11 is 12.5. The number of fused-ring (bicyclic) bond motifs is 1. The van der Waals surface area contributed by atoms with E-state index in [2.05, 4.69) is 26.2 Å². The van der Waals surface area contributed by atoms with E-state index in [0.29, 0.717) is 25.8 Å². The molecule has 0 bridgehead atoms. The third-order valence-corrected chi connectivity index (χ3v) is 8.44. The summed E-state index contributed by atoms with van der Waals surface area (Å²) in [5, 5.41) is 34.9. The van der Waals surface area contributed by atoms with Crippen LogP contribution in [0, 0.1) is 5.92 Å². The van der Waals surface area contributed by atoms with Crippen LogP contribution in [0.4, 0.5) is 0 Å². The highest BCUT2D eigenvalue weighted by molar-refractivity contribution is 6.30. The van der Waals surface area contributed by atoms with Crippen molar-refractivity contribution in [1.82, 2.24) is 31.1 Å². The van der Waals surface area contributed by atoms with Crippen LogP contribution < -0.4 is 27.0 Å². The number of rotatable bonds is 8. The van der Waals surface area contributed by atoms with Crippen molar-refractivity contribution in [2.24, 2.45) is 11.7 Å². The number of aliphatic hydroxyl groups excluding tert-OH is 2. The van der Waals surface area contributed by atoms with Gasteiger partial charge in [0.1, 0.15) is 24.5 Å². The number of nitrogens with zero attached hydrogens (tertiary/aromatic N) is 2. The average molecular weight is 496 g/mol. The number of likely N-dealkylation sites (N-methyl/N-ethyl adjacent to an activating group) is 1. The summed E-state index contributed by atoms with van der Waals surface area (Å²) in [6.07, 6.45) is -0.114. The van der Waals surface area contributed by atoms with Crippen LogP contribution in [-0.4, -0.2) is 120 Å². The van der Waals surface area contributed by atoms with E-state index in [0.717, 1.165) is 38.9 Å². The van der Waals surface area contributed by atoms with Crippen LogP contribution in [0.3, 0.4) is 0 Å². The highest BCUT2D eigenvalue weighted by Crippen LogP contribution is 2.31. The molecule has 1 aliphatic carbocycles. The maximum Gasteiger partial charge on any atom is 0.142 e. The topological polar surface area (TPSA) is 130 Å². The van der Waals surface area contributed by atoms with Crippen LogP contribution in [0.15, 0.2) is 0 Å². The summed E-state index contributed by atoms with van der Waals surface area (Å²) in [6, 6.07) is 0.0121. The van der Waals surface area contributed by atoms with E-state index in [1.807, 2.05) is 11.9 Å². The second-order valence-corrected chi connectivity index (χ2v) is 10.8. The second-order valence-electron chi connectivity index (χ2n) is 9.68. The number of nitrogens with one attached hydrogen (secondary N) is 4. The molecule has 6 unspecified atom stereocenters. The molecule has 0 aromatic carbocycles. The molecule has 0 aromatic rings. The van der Waals surface area contributed by atoms with E-state index in [9.17, 15) is 10.2 Å². The summed E-state index contributed by atoms with van der Waals surface area (Å²) in [5.74, 6) is 0.573. The molecule has 12 heteroatoms. The van der Waals surface area contributed by atoms with Crippen molar-refractivity contribution < 1.29 is 14.9 Å². The third kappa shape index (κ3) is 5.69. The van der Waals surface area contributed by atoms with Gasteiger partial charge < -0.3 is 30.9 Å². The summed E-state index contributed by atoms with van der Waals surface area (Å²) in [5.41, 5.74) is 6.14. The Balaban J connectivity index is 1.19. The van der Waals surface area contributed by atoms with Gasteiger partial charge >= 0.3 is 0 Å². The Hall–Kier alpha value is 0.180. The molecule has 1 saturated carbocycles. The number of halogens is 2. The highest BCUT2D eigenvalue weighted by Gasteiger charge is 2.51. The zero-order valence-corrected chi connectivity index (χ0v) is 20.2. The number of alkyl halides is 2.